The molecule has 1 aromatic carbocycles. The standard InChI is InChI=1S/C26H31N5O2/c1-17-18(2)31(20-7-3-4-8-20)25(21(17)15-27)29-24(32)16-30-13-11-19(12-14-30)26-28-22-9-5-6-10-23(22)33-26/h5-6,9-10,19-20H,3-4,7-8,11-14,16H2,1-2H3,(H,29,32). The molecule has 5 rings (SSSR count). The predicted molar refractivity (Wildman–Crippen MR) is 127 cm³/mol. The highest BCUT2D eigenvalue weighted by Gasteiger charge is 2.29. The highest BCUT2D eigenvalue weighted by Crippen LogP contribution is 2.38. The van der Waals surface area contributed by atoms with Gasteiger partial charge in [-0.15, -0.1) is 0 Å². The van der Waals surface area contributed by atoms with E-state index in [2.05, 4.69) is 32.8 Å². The Hall–Kier alpha value is -3.11. The molecule has 1 aliphatic carbocycles. The van der Waals surface area contributed by atoms with Crippen LogP contribution in [0, 0.1) is 25.2 Å². The maximum absolute atomic E-state index is 13.0. The van der Waals surface area contributed by atoms with Gasteiger partial charge in [-0.1, -0.05) is 25.0 Å². The molecule has 1 amide bonds. The molecule has 172 valence electrons. The van der Waals surface area contributed by atoms with Crippen molar-refractivity contribution in [2.24, 2.45) is 0 Å². The number of hydrogen-bond acceptors (Lipinski definition) is 5. The molecular formula is C26H31N5O2. The molecule has 1 aliphatic heterocycles. The van der Waals surface area contributed by atoms with E-state index < -0.39 is 0 Å². The summed E-state index contributed by atoms with van der Waals surface area (Å²) in [6.07, 6.45) is 6.44. The predicted octanol–water partition coefficient (Wildman–Crippen LogP) is 5.05. The van der Waals surface area contributed by atoms with E-state index in [0.717, 1.165) is 67.0 Å². The number of carbonyl (C=O) groups is 1. The summed E-state index contributed by atoms with van der Waals surface area (Å²) in [6.45, 7) is 6.01. The summed E-state index contributed by atoms with van der Waals surface area (Å²) >= 11 is 0. The molecule has 0 atom stereocenters. The van der Waals surface area contributed by atoms with Crippen LogP contribution >= 0.6 is 0 Å². The van der Waals surface area contributed by atoms with Crippen LogP contribution in [0.2, 0.25) is 0 Å². The van der Waals surface area contributed by atoms with Gasteiger partial charge in [-0.05, 0) is 70.3 Å². The second kappa shape index (κ2) is 9.03. The first-order valence-corrected chi connectivity index (χ1v) is 12.0. The van der Waals surface area contributed by atoms with Gasteiger partial charge >= 0.3 is 0 Å². The molecule has 3 aromatic rings. The highest BCUT2D eigenvalue weighted by atomic mass is 16.3. The third kappa shape index (κ3) is 4.16. The van der Waals surface area contributed by atoms with Gasteiger partial charge in [-0.3, -0.25) is 9.69 Å². The molecule has 2 fully saturated rings. The Balaban J connectivity index is 1.23. The number of anilines is 1. The third-order valence-electron chi connectivity index (χ3n) is 7.43. The van der Waals surface area contributed by atoms with E-state index in [-0.39, 0.29) is 11.8 Å². The normalized spacial score (nSPS) is 18.1. The molecular weight excluding hydrogens is 414 g/mol. The Morgan fingerprint density at radius 1 is 1.18 bits per heavy atom. The molecule has 2 aliphatic rings. The van der Waals surface area contributed by atoms with Crippen molar-refractivity contribution in [2.45, 2.75) is 64.3 Å². The van der Waals surface area contributed by atoms with Crippen molar-refractivity contribution in [3.05, 3.63) is 47.0 Å². The van der Waals surface area contributed by atoms with E-state index in [1.165, 1.54) is 12.8 Å². The van der Waals surface area contributed by atoms with E-state index >= 15 is 0 Å². The van der Waals surface area contributed by atoms with Crippen molar-refractivity contribution in [2.75, 3.05) is 25.0 Å². The summed E-state index contributed by atoms with van der Waals surface area (Å²) in [4.78, 5) is 19.8. The number of nitrogens with one attached hydrogen (secondary N) is 1. The van der Waals surface area contributed by atoms with Crippen molar-refractivity contribution in [3.63, 3.8) is 0 Å². The topological polar surface area (TPSA) is 87.1 Å². The van der Waals surface area contributed by atoms with E-state index in [0.29, 0.717) is 24.0 Å². The first-order chi connectivity index (χ1) is 16.0. The number of para-hydroxylation sites is 2. The molecule has 1 N–H and O–H groups in total. The van der Waals surface area contributed by atoms with Gasteiger partial charge in [0.1, 0.15) is 17.4 Å². The fourth-order valence-corrected chi connectivity index (χ4v) is 5.48. The summed E-state index contributed by atoms with van der Waals surface area (Å²) in [5.74, 6) is 1.72. The van der Waals surface area contributed by atoms with E-state index in [4.69, 9.17) is 4.42 Å². The number of benzene rings is 1. The number of nitriles is 1. The number of rotatable bonds is 5. The lowest BCUT2D eigenvalue weighted by Gasteiger charge is -2.30. The van der Waals surface area contributed by atoms with Crippen LogP contribution in [-0.4, -0.2) is 40.0 Å². The summed E-state index contributed by atoms with van der Waals surface area (Å²) in [6, 6.07) is 10.6. The molecule has 7 nitrogen and oxygen atoms in total. The monoisotopic (exact) mass is 445 g/mol. The van der Waals surface area contributed by atoms with E-state index in [1.54, 1.807) is 0 Å². The van der Waals surface area contributed by atoms with E-state index in [9.17, 15) is 10.1 Å². The summed E-state index contributed by atoms with van der Waals surface area (Å²) < 4.78 is 8.17. The second-order valence-electron chi connectivity index (χ2n) is 9.47. The molecule has 0 spiro atoms. The number of hydrogen-bond donors (Lipinski definition) is 1. The first-order valence-electron chi connectivity index (χ1n) is 12.0. The quantitative estimate of drug-likeness (QED) is 0.594. The van der Waals surface area contributed by atoms with Crippen molar-refractivity contribution in [1.29, 1.82) is 5.26 Å². The average molecular weight is 446 g/mol. The van der Waals surface area contributed by atoms with Crippen molar-refractivity contribution < 1.29 is 9.21 Å². The van der Waals surface area contributed by atoms with Crippen LogP contribution < -0.4 is 5.32 Å². The number of aromatic nitrogens is 2. The van der Waals surface area contributed by atoms with Crippen LogP contribution in [0.5, 0.6) is 0 Å². The van der Waals surface area contributed by atoms with Gasteiger partial charge in [0, 0.05) is 17.7 Å². The van der Waals surface area contributed by atoms with Crippen molar-refractivity contribution in [1.82, 2.24) is 14.5 Å². The summed E-state index contributed by atoms with van der Waals surface area (Å²) in [5, 5.41) is 12.9. The van der Waals surface area contributed by atoms with Crippen LogP contribution in [0.1, 0.15) is 73.2 Å². The number of nitrogens with zero attached hydrogens (tertiary/aromatic N) is 4. The molecule has 3 heterocycles. The van der Waals surface area contributed by atoms with Gasteiger partial charge in [-0.25, -0.2) is 4.98 Å². The maximum Gasteiger partial charge on any atom is 0.239 e. The summed E-state index contributed by atoms with van der Waals surface area (Å²) in [5.41, 5.74) is 4.39. The van der Waals surface area contributed by atoms with Gasteiger partial charge in [0.05, 0.1) is 12.1 Å². The number of piperidine rings is 1. The zero-order chi connectivity index (χ0) is 22.9. The maximum atomic E-state index is 13.0. The fourth-order valence-electron chi connectivity index (χ4n) is 5.48. The van der Waals surface area contributed by atoms with Crippen molar-refractivity contribution >= 4 is 22.8 Å². The molecule has 2 aromatic heterocycles. The Labute approximate surface area is 194 Å². The lowest BCUT2D eigenvalue weighted by Crippen LogP contribution is -2.39. The number of oxazole rings is 1. The molecule has 0 radical (unpaired) electrons. The first kappa shape index (κ1) is 21.7. The number of carbonyl (C=O) groups excluding carboxylic acids is 1. The molecule has 7 heteroatoms. The Kier molecular flexibility index (Phi) is 5.94. The molecule has 1 saturated heterocycles. The van der Waals surface area contributed by atoms with E-state index in [1.807, 2.05) is 31.2 Å². The van der Waals surface area contributed by atoms with Gasteiger partial charge in [0.25, 0.3) is 0 Å². The van der Waals surface area contributed by atoms with Gasteiger partial charge in [-0.2, -0.15) is 5.26 Å². The molecule has 0 unspecified atom stereocenters. The van der Waals surface area contributed by atoms with Gasteiger partial charge in [0.15, 0.2) is 11.5 Å². The Bertz CT molecular complexity index is 1170. The van der Waals surface area contributed by atoms with Crippen LogP contribution in [0.15, 0.2) is 28.7 Å². The molecule has 1 saturated carbocycles. The Morgan fingerprint density at radius 2 is 1.91 bits per heavy atom. The number of amides is 1. The average Bonchev–Trinajstić information content (AvgIpc) is 3.54. The largest absolute Gasteiger partial charge is 0.440 e. The zero-order valence-corrected chi connectivity index (χ0v) is 19.4. The zero-order valence-electron chi connectivity index (χ0n) is 19.4. The van der Waals surface area contributed by atoms with Crippen LogP contribution in [0.4, 0.5) is 5.82 Å². The fraction of sp³-hybridized carbons (Fsp3) is 0.500. The van der Waals surface area contributed by atoms with Crippen LogP contribution in [-0.2, 0) is 4.79 Å². The van der Waals surface area contributed by atoms with Crippen LogP contribution in [0.25, 0.3) is 11.1 Å². The Morgan fingerprint density at radius 3 is 2.61 bits per heavy atom. The lowest BCUT2D eigenvalue weighted by atomic mass is 9.97. The number of fused-ring (bicyclic) bond motifs is 1. The molecule has 33 heavy (non-hydrogen) atoms. The molecule has 0 bridgehead atoms. The van der Waals surface area contributed by atoms with Crippen LogP contribution in [0.3, 0.4) is 0 Å². The highest BCUT2D eigenvalue weighted by molar-refractivity contribution is 5.93. The van der Waals surface area contributed by atoms with Crippen molar-refractivity contribution in [3.8, 4) is 6.07 Å². The number of likely N-dealkylation sites (tertiary alicyclic amines) is 1. The van der Waals surface area contributed by atoms with Gasteiger partial charge in [0.2, 0.25) is 5.91 Å². The SMILES string of the molecule is Cc1c(C#N)c(NC(=O)CN2CCC(c3nc4ccccc4o3)CC2)n(C2CCCC2)c1C. The minimum Gasteiger partial charge on any atom is -0.440 e. The second-order valence-corrected chi connectivity index (χ2v) is 9.47. The minimum atomic E-state index is -0.0523. The minimum absolute atomic E-state index is 0.0523. The lowest BCUT2D eigenvalue weighted by molar-refractivity contribution is -0.117. The third-order valence-corrected chi connectivity index (χ3v) is 7.43. The smallest absolute Gasteiger partial charge is 0.239 e. The van der Waals surface area contributed by atoms with Gasteiger partial charge < -0.3 is 14.3 Å². The summed E-state index contributed by atoms with van der Waals surface area (Å²) in [7, 11) is 0.